The summed E-state index contributed by atoms with van der Waals surface area (Å²) in [5.74, 6) is 0.905. The van der Waals surface area contributed by atoms with E-state index in [1.54, 1.807) is 30.7 Å². The number of piperidine rings is 1. The predicted molar refractivity (Wildman–Crippen MR) is 135 cm³/mol. The van der Waals surface area contributed by atoms with E-state index < -0.39 is 0 Å². The average molecular weight is 526 g/mol. The first-order valence-electron chi connectivity index (χ1n) is 11.4. The molecule has 3 atom stereocenters. The lowest BCUT2D eigenvalue weighted by Crippen LogP contribution is -2.44. The van der Waals surface area contributed by atoms with Crippen LogP contribution in [0.15, 0.2) is 41.3 Å². The van der Waals surface area contributed by atoms with Crippen LogP contribution in [0, 0.1) is 5.92 Å². The molecule has 2 fully saturated rings. The number of nitrogen functional groups attached to an aromatic ring is 1. The molecule has 12 heteroatoms. The molecule has 184 valence electrons. The number of anilines is 2. The molecule has 1 aromatic carbocycles. The molecule has 2 aliphatic rings. The molecule has 1 amide bonds. The van der Waals surface area contributed by atoms with Crippen LogP contribution >= 0.6 is 23.2 Å². The number of hydrogen-bond acceptors (Lipinski definition) is 9. The maximum absolute atomic E-state index is 13.2. The van der Waals surface area contributed by atoms with E-state index in [-0.39, 0.29) is 35.7 Å². The van der Waals surface area contributed by atoms with E-state index >= 15 is 0 Å². The van der Waals surface area contributed by atoms with Crippen LogP contribution in [0.2, 0.25) is 10.0 Å². The Morgan fingerprint density at radius 3 is 2.69 bits per heavy atom. The summed E-state index contributed by atoms with van der Waals surface area (Å²) in [6.45, 7) is 0.726. The number of carbonyl (C=O) groups is 1. The standard InChI is InChI=1S/C24H21Cl2N7O3/c1-35-24-29-7-13(8-30-24)11-2-4-14(15(25)6-11)23(34)31-19-12-3-5-17(19)33(10-12)22-20-18(16(26)9-28-22)21(27)32-36-20/h2,4,6-9,12,17,19H,3,5,10H2,1H3,(H2,27,32)(H,31,34). The Bertz CT molecular complexity index is 1480. The third kappa shape index (κ3) is 3.68. The van der Waals surface area contributed by atoms with E-state index in [4.69, 9.17) is 38.2 Å². The Morgan fingerprint density at radius 2 is 1.94 bits per heavy atom. The fraction of sp³-hybridized carbons (Fsp3) is 0.292. The van der Waals surface area contributed by atoms with Crippen LogP contribution in [-0.4, -0.2) is 51.8 Å². The second-order valence-corrected chi connectivity index (χ2v) is 9.73. The van der Waals surface area contributed by atoms with Crippen molar-refractivity contribution in [2.75, 3.05) is 24.3 Å². The van der Waals surface area contributed by atoms with Gasteiger partial charge in [0, 0.05) is 30.7 Å². The van der Waals surface area contributed by atoms with Crippen LogP contribution < -0.4 is 20.7 Å². The normalized spacial score (nSPS) is 20.8. The summed E-state index contributed by atoms with van der Waals surface area (Å²) in [6.07, 6.45) is 6.76. The van der Waals surface area contributed by atoms with Crippen molar-refractivity contribution in [3.8, 4) is 17.1 Å². The number of methoxy groups -OCH3 is 1. The first-order chi connectivity index (χ1) is 17.4. The van der Waals surface area contributed by atoms with Crippen molar-refractivity contribution >= 4 is 51.7 Å². The number of carbonyl (C=O) groups excluding carboxylic acids is 1. The van der Waals surface area contributed by atoms with E-state index in [0.717, 1.165) is 30.5 Å². The number of nitrogens with one attached hydrogen (secondary N) is 1. The number of pyridine rings is 1. The van der Waals surface area contributed by atoms with Gasteiger partial charge in [-0.1, -0.05) is 34.4 Å². The molecule has 1 saturated heterocycles. The maximum Gasteiger partial charge on any atom is 0.316 e. The number of benzene rings is 1. The van der Waals surface area contributed by atoms with Crippen LogP contribution in [0.25, 0.3) is 22.1 Å². The van der Waals surface area contributed by atoms with Crippen molar-refractivity contribution in [2.45, 2.75) is 24.9 Å². The van der Waals surface area contributed by atoms with Crippen LogP contribution in [0.5, 0.6) is 6.01 Å². The number of aromatic nitrogens is 4. The van der Waals surface area contributed by atoms with Crippen molar-refractivity contribution < 1.29 is 14.1 Å². The van der Waals surface area contributed by atoms with Crippen LogP contribution in [0.4, 0.5) is 11.6 Å². The highest BCUT2D eigenvalue weighted by molar-refractivity contribution is 6.36. The van der Waals surface area contributed by atoms with Gasteiger partial charge in [-0.15, -0.1) is 0 Å². The highest BCUT2D eigenvalue weighted by Crippen LogP contribution is 2.43. The van der Waals surface area contributed by atoms with Crippen LogP contribution in [-0.2, 0) is 0 Å². The number of fused-ring (bicyclic) bond motifs is 3. The van der Waals surface area contributed by atoms with Gasteiger partial charge in [-0.05, 0) is 36.5 Å². The zero-order valence-corrected chi connectivity index (χ0v) is 20.6. The van der Waals surface area contributed by atoms with Gasteiger partial charge < -0.3 is 25.2 Å². The molecule has 4 aromatic rings. The van der Waals surface area contributed by atoms with Gasteiger partial charge in [-0.2, -0.15) is 0 Å². The van der Waals surface area contributed by atoms with E-state index in [2.05, 4.69) is 30.3 Å². The van der Waals surface area contributed by atoms with Crippen molar-refractivity contribution in [1.82, 2.24) is 25.4 Å². The largest absolute Gasteiger partial charge is 0.467 e. The molecule has 0 radical (unpaired) electrons. The fourth-order valence-electron chi connectivity index (χ4n) is 5.27. The first-order valence-corrected chi connectivity index (χ1v) is 12.1. The number of ether oxygens (including phenoxy) is 1. The maximum atomic E-state index is 13.2. The van der Waals surface area contributed by atoms with E-state index in [1.807, 2.05) is 6.07 Å². The van der Waals surface area contributed by atoms with Gasteiger partial charge in [-0.25, -0.2) is 15.0 Å². The number of nitrogens with zero attached hydrogens (tertiary/aromatic N) is 5. The molecule has 0 spiro atoms. The van der Waals surface area contributed by atoms with E-state index in [1.165, 1.54) is 7.11 Å². The van der Waals surface area contributed by atoms with Crippen molar-refractivity contribution in [2.24, 2.45) is 5.92 Å². The summed E-state index contributed by atoms with van der Waals surface area (Å²) in [7, 11) is 1.51. The molecule has 36 heavy (non-hydrogen) atoms. The predicted octanol–water partition coefficient (Wildman–Crippen LogP) is 3.97. The molecule has 3 unspecified atom stereocenters. The van der Waals surface area contributed by atoms with Crippen LogP contribution in [0.3, 0.4) is 0 Å². The van der Waals surface area contributed by atoms with Crippen molar-refractivity contribution in [3.05, 3.63) is 52.4 Å². The summed E-state index contributed by atoms with van der Waals surface area (Å²) >= 11 is 12.8. The molecule has 2 bridgehead atoms. The van der Waals surface area contributed by atoms with Gasteiger partial charge >= 0.3 is 6.01 Å². The minimum Gasteiger partial charge on any atom is -0.467 e. The summed E-state index contributed by atoms with van der Waals surface area (Å²) in [6, 6.07) is 5.55. The van der Waals surface area contributed by atoms with Crippen LogP contribution in [0.1, 0.15) is 23.2 Å². The minimum absolute atomic E-state index is 0.0525. The molecule has 3 N–H and O–H groups in total. The Hall–Kier alpha value is -3.63. The van der Waals surface area contributed by atoms with E-state index in [9.17, 15) is 4.79 Å². The zero-order chi connectivity index (χ0) is 25.0. The Kier molecular flexibility index (Phi) is 5.57. The molecule has 6 rings (SSSR count). The van der Waals surface area contributed by atoms with Crippen molar-refractivity contribution in [3.63, 3.8) is 0 Å². The highest BCUT2D eigenvalue weighted by Gasteiger charge is 2.49. The summed E-state index contributed by atoms with van der Waals surface area (Å²) in [4.78, 5) is 28.1. The number of hydrogen-bond donors (Lipinski definition) is 2. The third-order valence-corrected chi connectivity index (χ3v) is 7.57. The van der Waals surface area contributed by atoms with Gasteiger partial charge in [-0.3, -0.25) is 4.79 Å². The number of amides is 1. The Morgan fingerprint density at radius 1 is 1.14 bits per heavy atom. The highest BCUT2D eigenvalue weighted by atomic mass is 35.5. The molecule has 1 saturated carbocycles. The third-order valence-electron chi connectivity index (χ3n) is 6.98. The summed E-state index contributed by atoms with van der Waals surface area (Å²) < 4.78 is 10.5. The monoisotopic (exact) mass is 525 g/mol. The zero-order valence-electron chi connectivity index (χ0n) is 19.1. The summed E-state index contributed by atoms with van der Waals surface area (Å²) in [5.41, 5.74) is 8.37. The van der Waals surface area contributed by atoms with E-state index in [0.29, 0.717) is 32.4 Å². The quantitative estimate of drug-likeness (QED) is 0.396. The lowest BCUT2D eigenvalue weighted by molar-refractivity contribution is 0.0932. The molecule has 10 nitrogen and oxygen atoms in total. The second-order valence-electron chi connectivity index (χ2n) is 8.91. The minimum atomic E-state index is -0.223. The second kappa shape index (κ2) is 8.79. The molecular formula is C24H21Cl2N7O3. The number of rotatable bonds is 5. The molecular weight excluding hydrogens is 505 g/mol. The molecule has 4 heterocycles. The topological polar surface area (TPSA) is 132 Å². The SMILES string of the molecule is COc1ncc(-c2ccc(C(=O)NC3C4CCC3N(c3ncc(Cl)c5c(N)noc35)C4)c(Cl)c2)cn1. The fourth-order valence-corrected chi connectivity index (χ4v) is 5.77. The van der Waals surface area contributed by atoms with Gasteiger partial charge in [0.05, 0.1) is 40.2 Å². The molecule has 3 aromatic heterocycles. The molecule has 1 aliphatic heterocycles. The number of nitrogens with two attached hydrogens (primary N) is 1. The van der Waals surface area contributed by atoms with Gasteiger partial charge in [0.25, 0.3) is 5.91 Å². The lowest BCUT2D eigenvalue weighted by Gasteiger charge is -2.28. The first kappa shape index (κ1) is 22.8. The van der Waals surface area contributed by atoms with Crippen molar-refractivity contribution in [1.29, 1.82) is 0 Å². The Labute approximate surface area is 215 Å². The van der Waals surface area contributed by atoms with Gasteiger partial charge in [0.15, 0.2) is 11.6 Å². The lowest BCUT2D eigenvalue weighted by atomic mass is 10.0. The Balaban J connectivity index is 1.22. The summed E-state index contributed by atoms with van der Waals surface area (Å²) in [5, 5.41) is 8.36. The van der Waals surface area contributed by atoms with Gasteiger partial charge in [0.2, 0.25) is 5.58 Å². The average Bonchev–Trinajstić information content (AvgIpc) is 3.57. The van der Waals surface area contributed by atoms with Gasteiger partial charge in [0.1, 0.15) is 0 Å². The molecule has 1 aliphatic carbocycles. The smallest absolute Gasteiger partial charge is 0.316 e. The number of halogens is 2.